The summed E-state index contributed by atoms with van der Waals surface area (Å²) in [6, 6.07) is 46.1. The maximum Gasteiger partial charge on any atom is 0.0715 e. The maximum absolute atomic E-state index is 5.31. The molecule has 0 atom stereocenters. The first-order chi connectivity index (χ1) is 34.6. The van der Waals surface area contributed by atoms with E-state index in [0.29, 0.717) is 0 Å². The lowest BCUT2D eigenvalue weighted by molar-refractivity contribution is 0.996. The van der Waals surface area contributed by atoms with Crippen LogP contribution in [0.2, 0.25) is 0 Å². The summed E-state index contributed by atoms with van der Waals surface area (Å²) in [5.41, 5.74) is 22.8. The van der Waals surface area contributed by atoms with Crippen LogP contribution in [0.1, 0.15) is 111 Å². The molecule has 0 unspecified atom stereocenters. The van der Waals surface area contributed by atoms with Crippen LogP contribution >= 0.6 is 0 Å². The van der Waals surface area contributed by atoms with Crippen molar-refractivity contribution in [2.24, 2.45) is 0 Å². The summed E-state index contributed by atoms with van der Waals surface area (Å²) in [6.07, 6.45) is 30.5. The van der Waals surface area contributed by atoms with Crippen LogP contribution in [-0.4, -0.2) is 14.1 Å². The second-order valence-corrected chi connectivity index (χ2v) is 18.2. The molecule has 0 bridgehead atoms. The standard InChI is InChI=1S/C66H61N3.C2H6/c1-9-12-22-51(33-34-54-42-53(43-61(67-54)52-25-18-15-19-26-52)49(8)32-31-48(7)50-23-16-14-17-24-50)57-44-55(68-63-28-20-21-45(4)39-59(63)60-41-47(6)29-36-65(60)68)35-38-64(57)69-62(27-13-10-2)56(11-3)58-40-46(5)30-37-66(58)69;1-2/h9,11-27,29-44H,3,10,28H2,1-2,4-8H3;1-2H3/b12-9-,27-13-,34-33+,48-31+,49-32+,51-22+;. The summed E-state index contributed by atoms with van der Waals surface area (Å²) in [5.74, 6) is 0. The minimum Gasteiger partial charge on any atom is -0.313 e. The van der Waals surface area contributed by atoms with E-state index in [2.05, 4.69) is 264 Å². The van der Waals surface area contributed by atoms with E-state index < -0.39 is 0 Å². The third kappa shape index (κ3) is 10.6. The molecule has 354 valence electrons. The second-order valence-electron chi connectivity index (χ2n) is 18.2. The third-order valence-corrected chi connectivity index (χ3v) is 13.1. The lowest BCUT2D eigenvalue weighted by Gasteiger charge is -2.19. The van der Waals surface area contributed by atoms with Crippen molar-refractivity contribution in [1.29, 1.82) is 0 Å². The van der Waals surface area contributed by atoms with E-state index in [4.69, 9.17) is 4.98 Å². The fourth-order valence-electron chi connectivity index (χ4n) is 9.55. The first kappa shape index (κ1) is 49.4. The van der Waals surface area contributed by atoms with Gasteiger partial charge in [0.05, 0.1) is 33.8 Å². The van der Waals surface area contributed by atoms with E-state index in [1.165, 1.54) is 55.4 Å². The van der Waals surface area contributed by atoms with Gasteiger partial charge in [-0.15, -0.1) is 0 Å². The minimum atomic E-state index is 0.826. The number of nitrogens with zero attached hydrogens (tertiary/aromatic N) is 3. The Hall–Kier alpha value is -8.01. The highest BCUT2D eigenvalue weighted by Gasteiger charge is 2.22. The predicted octanol–water partition coefficient (Wildman–Crippen LogP) is 19.0. The SMILES string of the molecule is C=Cc1c(/C=C\CC)n(-c2ccc(-n3c4c(c5cc(C)ccc53)C=C(C)C=CC4)cc2C(/C=C/c2cc(/C(C)=C/C=C(\C)c3ccccc3)cc(-c3ccccc3)n2)=C/C=C\C)c2ccc(C)cc12.CC. The van der Waals surface area contributed by atoms with E-state index in [1.807, 2.05) is 19.9 Å². The smallest absolute Gasteiger partial charge is 0.0715 e. The van der Waals surface area contributed by atoms with Gasteiger partial charge in [0.25, 0.3) is 0 Å². The molecule has 0 N–H and O–H groups in total. The van der Waals surface area contributed by atoms with Crippen molar-refractivity contribution in [3.05, 3.63) is 250 Å². The van der Waals surface area contributed by atoms with Crippen molar-refractivity contribution in [3.63, 3.8) is 0 Å². The molecule has 1 aliphatic rings. The first-order valence-corrected chi connectivity index (χ1v) is 25.2. The zero-order valence-electron chi connectivity index (χ0n) is 43.1. The number of hydrogen-bond acceptors (Lipinski definition) is 1. The zero-order chi connectivity index (χ0) is 50.0. The van der Waals surface area contributed by atoms with Gasteiger partial charge in [0.1, 0.15) is 0 Å². The van der Waals surface area contributed by atoms with E-state index in [9.17, 15) is 0 Å². The van der Waals surface area contributed by atoms with Gasteiger partial charge < -0.3 is 9.13 Å². The molecule has 0 spiro atoms. The lowest BCUT2D eigenvalue weighted by atomic mass is 9.99. The van der Waals surface area contributed by atoms with Gasteiger partial charge in [-0.05, 0) is 149 Å². The Morgan fingerprint density at radius 1 is 0.704 bits per heavy atom. The van der Waals surface area contributed by atoms with Gasteiger partial charge in [0.2, 0.25) is 0 Å². The molecule has 3 heteroatoms. The molecular weight excluding hydrogens is 859 g/mol. The summed E-state index contributed by atoms with van der Waals surface area (Å²) in [7, 11) is 0. The predicted molar refractivity (Wildman–Crippen MR) is 312 cm³/mol. The minimum absolute atomic E-state index is 0.826. The Bertz CT molecular complexity index is 3490. The van der Waals surface area contributed by atoms with Crippen LogP contribution in [0.15, 0.2) is 194 Å². The average molecular weight is 926 g/mol. The molecule has 0 fully saturated rings. The Labute approximate surface area is 423 Å². The first-order valence-electron chi connectivity index (χ1n) is 25.2. The number of pyridine rings is 1. The fourth-order valence-corrected chi connectivity index (χ4v) is 9.55. The number of allylic oxidation sites excluding steroid dienone is 13. The largest absolute Gasteiger partial charge is 0.313 e. The van der Waals surface area contributed by atoms with Crippen LogP contribution in [0.5, 0.6) is 0 Å². The number of hydrogen-bond donors (Lipinski definition) is 0. The maximum atomic E-state index is 5.31. The molecule has 3 aromatic heterocycles. The summed E-state index contributed by atoms with van der Waals surface area (Å²) in [5, 5.41) is 2.45. The molecule has 5 aromatic carbocycles. The second kappa shape index (κ2) is 22.6. The number of rotatable bonds is 13. The van der Waals surface area contributed by atoms with Gasteiger partial charge in [-0.3, -0.25) is 0 Å². The topological polar surface area (TPSA) is 22.8 Å². The van der Waals surface area contributed by atoms with Gasteiger partial charge >= 0.3 is 0 Å². The van der Waals surface area contributed by atoms with Crippen LogP contribution in [0.25, 0.3) is 85.5 Å². The van der Waals surface area contributed by atoms with Gasteiger partial charge in [-0.25, -0.2) is 4.98 Å². The highest BCUT2D eigenvalue weighted by Crippen LogP contribution is 2.40. The summed E-state index contributed by atoms with van der Waals surface area (Å²) < 4.78 is 4.92. The number of aryl methyl sites for hydroxylation is 2. The summed E-state index contributed by atoms with van der Waals surface area (Å²) in [6.45, 7) is 23.5. The molecule has 9 rings (SSSR count). The Morgan fingerprint density at radius 3 is 2.07 bits per heavy atom. The molecular formula is C68H67N3. The molecule has 3 nitrogen and oxygen atoms in total. The van der Waals surface area contributed by atoms with Crippen molar-refractivity contribution in [2.45, 2.75) is 75.2 Å². The average Bonchev–Trinajstić information content (AvgIpc) is 3.78. The van der Waals surface area contributed by atoms with Crippen LogP contribution in [0.4, 0.5) is 0 Å². The van der Waals surface area contributed by atoms with Gasteiger partial charge in [-0.2, -0.15) is 0 Å². The van der Waals surface area contributed by atoms with Crippen LogP contribution in [-0.2, 0) is 6.42 Å². The van der Waals surface area contributed by atoms with Crippen molar-refractivity contribution >= 4 is 62.8 Å². The van der Waals surface area contributed by atoms with E-state index in [-0.39, 0.29) is 0 Å². The van der Waals surface area contributed by atoms with E-state index in [1.54, 1.807) is 0 Å². The normalized spacial score (nSPS) is 13.3. The Kier molecular flexibility index (Phi) is 15.7. The molecule has 71 heavy (non-hydrogen) atoms. The van der Waals surface area contributed by atoms with Crippen LogP contribution in [0, 0.1) is 13.8 Å². The van der Waals surface area contributed by atoms with Crippen molar-refractivity contribution in [1.82, 2.24) is 14.1 Å². The van der Waals surface area contributed by atoms with Gasteiger partial charge in [-0.1, -0.05) is 178 Å². The third-order valence-electron chi connectivity index (χ3n) is 13.1. The molecule has 8 aromatic rings. The molecule has 0 aliphatic heterocycles. The lowest BCUT2D eigenvalue weighted by Crippen LogP contribution is -2.06. The van der Waals surface area contributed by atoms with Crippen LogP contribution in [0.3, 0.4) is 0 Å². The van der Waals surface area contributed by atoms with Crippen molar-refractivity contribution in [3.8, 4) is 22.6 Å². The summed E-state index contributed by atoms with van der Waals surface area (Å²) >= 11 is 0. The quantitative estimate of drug-likeness (QED) is 0.106. The number of aromatic nitrogens is 3. The van der Waals surface area contributed by atoms with Gasteiger partial charge in [0, 0.05) is 50.8 Å². The molecule has 0 amide bonds. The molecule has 1 aliphatic carbocycles. The highest BCUT2D eigenvalue weighted by molar-refractivity contribution is 5.98. The highest BCUT2D eigenvalue weighted by atomic mass is 15.0. The fraction of sp³-hybridized carbons (Fsp3) is 0.162. The van der Waals surface area contributed by atoms with Crippen LogP contribution < -0.4 is 0 Å². The molecule has 0 radical (unpaired) electrons. The monoisotopic (exact) mass is 926 g/mol. The Balaban J connectivity index is 0.00000334. The number of benzene rings is 5. The van der Waals surface area contributed by atoms with Crippen molar-refractivity contribution in [2.75, 3.05) is 0 Å². The molecule has 0 saturated carbocycles. The zero-order valence-corrected chi connectivity index (χ0v) is 43.1. The van der Waals surface area contributed by atoms with E-state index in [0.717, 1.165) is 80.2 Å². The summed E-state index contributed by atoms with van der Waals surface area (Å²) in [4.78, 5) is 5.31. The molecule has 0 saturated heterocycles. The molecule has 3 heterocycles. The number of fused-ring (bicyclic) bond motifs is 4. The van der Waals surface area contributed by atoms with Gasteiger partial charge in [0.15, 0.2) is 0 Å². The van der Waals surface area contributed by atoms with Crippen molar-refractivity contribution < 1.29 is 0 Å². The Morgan fingerprint density at radius 2 is 1.38 bits per heavy atom. The van der Waals surface area contributed by atoms with E-state index >= 15 is 0 Å².